The first-order valence-electron chi connectivity index (χ1n) is 5.18. The number of aryl methyl sites for hydroxylation is 1. The molecule has 0 heterocycles. The number of allylic oxidation sites excluding steroid dienone is 1. The van der Waals surface area contributed by atoms with E-state index in [9.17, 15) is 0 Å². The fourth-order valence-electron chi connectivity index (χ4n) is 2.05. The van der Waals surface area contributed by atoms with Crippen molar-refractivity contribution in [2.45, 2.75) is 19.3 Å². The number of fused-ring (bicyclic) bond motifs is 1. The van der Waals surface area contributed by atoms with Gasteiger partial charge < -0.3 is 4.74 Å². The normalized spacial score (nSPS) is 18.2. The summed E-state index contributed by atoms with van der Waals surface area (Å²) in [6.07, 6.45) is 5.89. The third-order valence-electron chi connectivity index (χ3n) is 2.75. The van der Waals surface area contributed by atoms with Crippen LogP contribution in [0, 0.1) is 0 Å². The lowest BCUT2D eigenvalue weighted by Gasteiger charge is -2.18. The van der Waals surface area contributed by atoms with Crippen LogP contribution < -0.4 is 0 Å². The Morgan fingerprint density at radius 2 is 2.14 bits per heavy atom. The predicted octanol–water partition coefficient (Wildman–Crippen LogP) is 3.05. The van der Waals surface area contributed by atoms with Crippen molar-refractivity contribution in [3.05, 3.63) is 41.5 Å². The summed E-state index contributed by atoms with van der Waals surface area (Å²) in [6.45, 7) is 0.726. The molecule has 0 saturated carbocycles. The highest BCUT2D eigenvalue weighted by atomic mass is 16.5. The van der Waals surface area contributed by atoms with Gasteiger partial charge >= 0.3 is 0 Å². The monoisotopic (exact) mass is 188 g/mol. The van der Waals surface area contributed by atoms with Gasteiger partial charge in [-0.1, -0.05) is 30.3 Å². The molecule has 1 aromatic carbocycles. The molecule has 0 saturated heterocycles. The molecular weight excluding hydrogens is 172 g/mol. The zero-order valence-corrected chi connectivity index (χ0v) is 8.62. The molecule has 1 aromatic rings. The topological polar surface area (TPSA) is 9.23 Å². The van der Waals surface area contributed by atoms with Crippen molar-refractivity contribution in [2.24, 2.45) is 0 Å². The zero-order valence-electron chi connectivity index (χ0n) is 8.62. The molecule has 0 unspecified atom stereocenters. The molecule has 74 valence electrons. The van der Waals surface area contributed by atoms with Gasteiger partial charge in [0.05, 0.1) is 6.61 Å². The van der Waals surface area contributed by atoms with Gasteiger partial charge in [0.2, 0.25) is 0 Å². The molecular formula is C13H16O. The van der Waals surface area contributed by atoms with E-state index in [4.69, 9.17) is 4.74 Å². The van der Waals surface area contributed by atoms with Gasteiger partial charge in [0.25, 0.3) is 0 Å². The molecule has 0 aromatic heterocycles. The lowest BCUT2D eigenvalue weighted by atomic mass is 9.87. The second kappa shape index (κ2) is 4.43. The Hall–Kier alpha value is -1.08. The van der Waals surface area contributed by atoms with Gasteiger partial charge in [-0.05, 0) is 36.0 Å². The van der Waals surface area contributed by atoms with Gasteiger partial charge in [-0.3, -0.25) is 0 Å². The summed E-state index contributed by atoms with van der Waals surface area (Å²) in [5.74, 6) is 0. The number of benzene rings is 1. The first kappa shape index (κ1) is 9.47. The lowest BCUT2D eigenvalue weighted by Crippen LogP contribution is -2.02. The molecule has 14 heavy (non-hydrogen) atoms. The fourth-order valence-corrected chi connectivity index (χ4v) is 2.05. The van der Waals surface area contributed by atoms with Crippen molar-refractivity contribution >= 4 is 5.57 Å². The zero-order chi connectivity index (χ0) is 9.80. The molecule has 0 bridgehead atoms. The van der Waals surface area contributed by atoms with Crippen molar-refractivity contribution in [1.82, 2.24) is 0 Å². The van der Waals surface area contributed by atoms with Crippen LogP contribution in [0.1, 0.15) is 24.0 Å². The van der Waals surface area contributed by atoms with Crippen molar-refractivity contribution in [3.8, 4) is 0 Å². The van der Waals surface area contributed by atoms with Gasteiger partial charge in [-0.2, -0.15) is 0 Å². The van der Waals surface area contributed by atoms with Gasteiger partial charge in [0, 0.05) is 7.11 Å². The summed E-state index contributed by atoms with van der Waals surface area (Å²) < 4.78 is 5.08. The number of hydrogen-bond acceptors (Lipinski definition) is 1. The van der Waals surface area contributed by atoms with Crippen LogP contribution in [0.25, 0.3) is 5.57 Å². The Morgan fingerprint density at radius 1 is 1.29 bits per heavy atom. The van der Waals surface area contributed by atoms with Crippen LogP contribution in [0.5, 0.6) is 0 Å². The third kappa shape index (κ3) is 1.88. The SMILES string of the molecule is COC/C=C1/CCCc2ccccc21. The van der Waals surface area contributed by atoms with E-state index in [1.165, 1.54) is 36.0 Å². The van der Waals surface area contributed by atoms with E-state index in [0.717, 1.165) is 6.61 Å². The van der Waals surface area contributed by atoms with Crippen LogP contribution in [0.15, 0.2) is 30.3 Å². The fraction of sp³-hybridized carbons (Fsp3) is 0.385. The number of ether oxygens (including phenoxy) is 1. The van der Waals surface area contributed by atoms with Crippen molar-refractivity contribution in [2.75, 3.05) is 13.7 Å². The maximum atomic E-state index is 5.08. The van der Waals surface area contributed by atoms with Gasteiger partial charge in [0.1, 0.15) is 0 Å². The molecule has 0 N–H and O–H groups in total. The summed E-state index contributed by atoms with van der Waals surface area (Å²) in [7, 11) is 1.74. The Labute approximate surface area is 85.4 Å². The molecule has 0 atom stereocenters. The molecule has 0 radical (unpaired) electrons. The smallest absolute Gasteiger partial charge is 0.0649 e. The highest BCUT2D eigenvalue weighted by Gasteiger charge is 2.12. The van der Waals surface area contributed by atoms with Crippen LogP contribution in [0.3, 0.4) is 0 Å². The molecule has 1 aliphatic carbocycles. The van der Waals surface area contributed by atoms with Crippen LogP contribution in [0.4, 0.5) is 0 Å². The Morgan fingerprint density at radius 3 is 3.00 bits per heavy atom. The minimum absolute atomic E-state index is 0.726. The van der Waals surface area contributed by atoms with Crippen LogP contribution in [-0.2, 0) is 11.2 Å². The van der Waals surface area contributed by atoms with E-state index < -0.39 is 0 Å². The van der Waals surface area contributed by atoms with Crippen LogP contribution in [-0.4, -0.2) is 13.7 Å². The number of methoxy groups -OCH3 is 1. The van der Waals surface area contributed by atoms with Gasteiger partial charge in [-0.25, -0.2) is 0 Å². The molecule has 0 amide bonds. The first-order valence-corrected chi connectivity index (χ1v) is 5.18. The van der Waals surface area contributed by atoms with E-state index in [1.54, 1.807) is 7.11 Å². The summed E-state index contributed by atoms with van der Waals surface area (Å²) in [4.78, 5) is 0. The highest BCUT2D eigenvalue weighted by molar-refractivity contribution is 5.69. The molecule has 0 spiro atoms. The first-order chi connectivity index (χ1) is 6.92. The highest BCUT2D eigenvalue weighted by Crippen LogP contribution is 2.30. The Bertz CT molecular complexity index is 339. The van der Waals surface area contributed by atoms with E-state index in [1.807, 2.05) is 0 Å². The van der Waals surface area contributed by atoms with Crippen molar-refractivity contribution in [3.63, 3.8) is 0 Å². The predicted molar refractivity (Wildman–Crippen MR) is 59.2 cm³/mol. The van der Waals surface area contributed by atoms with Crippen LogP contribution in [0.2, 0.25) is 0 Å². The molecule has 1 heteroatoms. The largest absolute Gasteiger partial charge is 0.381 e. The molecule has 0 aliphatic heterocycles. The summed E-state index contributed by atoms with van der Waals surface area (Å²) in [5.41, 5.74) is 4.37. The molecule has 2 rings (SSSR count). The molecule has 1 aliphatic rings. The average Bonchev–Trinajstić information content (AvgIpc) is 2.26. The maximum Gasteiger partial charge on any atom is 0.0649 e. The van der Waals surface area contributed by atoms with E-state index in [2.05, 4.69) is 30.3 Å². The van der Waals surface area contributed by atoms with E-state index in [0.29, 0.717) is 0 Å². The number of hydrogen-bond donors (Lipinski definition) is 0. The quantitative estimate of drug-likeness (QED) is 0.693. The van der Waals surface area contributed by atoms with Gasteiger partial charge in [0.15, 0.2) is 0 Å². The second-order valence-corrected chi connectivity index (χ2v) is 3.70. The maximum absolute atomic E-state index is 5.08. The lowest BCUT2D eigenvalue weighted by molar-refractivity contribution is 0.234. The minimum atomic E-state index is 0.726. The Kier molecular flexibility index (Phi) is 3.00. The van der Waals surface area contributed by atoms with Gasteiger partial charge in [-0.15, -0.1) is 0 Å². The molecule has 0 fully saturated rings. The summed E-state index contributed by atoms with van der Waals surface area (Å²) in [5, 5.41) is 0. The van der Waals surface area contributed by atoms with E-state index >= 15 is 0 Å². The second-order valence-electron chi connectivity index (χ2n) is 3.70. The molecule has 1 nitrogen and oxygen atoms in total. The minimum Gasteiger partial charge on any atom is -0.381 e. The standard InChI is InChI=1S/C13H16O/c1-14-10-9-12-7-4-6-11-5-2-3-8-13(11)12/h2-3,5,8-9H,4,6-7,10H2,1H3/b12-9-. The van der Waals surface area contributed by atoms with Crippen molar-refractivity contribution in [1.29, 1.82) is 0 Å². The third-order valence-corrected chi connectivity index (χ3v) is 2.75. The van der Waals surface area contributed by atoms with Crippen molar-refractivity contribution < 1.29 is 4.74 Å². The average molecular weight is 188 g/mol. The summed E-state index contributed by atoms with van der Waals surface area (Å²) in [6, 6.07) is 8.69. The summed E-state index contributed by atoms with van der Waals surface area (Å²) >= 11 is 0. The Balaban J connectivity index is 2.31. The van der Waals surface area contributed by atoms with Crippen LogP contribution >= 0.6 is 0 Å². The number of rotatable bonds is 2. The van der Waals surface area contributed by atoms with E-state index in [-0.39, 0.29) is 0 Å².